The average Bonchev–Trinajstić information content (AvgIpc) is 2.79. The van der Waals surface area contributed by atoms with Gasteiger partial charge in [-0.2, -0.15) is 0 Å². The predicted molar refractivity (Wildman–Crippen MR) is 121 cm³/mol. The van der Waals surface area contributed by atoms with E-state index in [1.807, 2.05) is 34.1 Å². The fourth-order valence-electron chi connectivity index (χ4n) is 4.04. The standard InChI is InChI=1S/C26H34N2O2/c1-22(15-16-24-11-6-3-7-12-24)21-26(30)28-19-17-27(18-20-28)25(29)14-8-13-23-9-4-2-5-10-23/h2-7,9-12,22H,8,13-21H2,1H3. The van der Waals surface area contributed by atoms with Gasteiger partial charge in [-0.15, -0.1) is 0 Å². The number of hydrogen-bond donors (Lipinski definition) is 0. The Morgan fingerprint density at radius 3 is 1.83 bits per heavy atom. The normalized spacial score (nSPS) is 15.1. The lowest BCUT2D eigenvalue weighted by Gasteiger charge is -2.35. The van der Waals surface area contributed by atoms with Gasteiger partial charge < -0.3 is 9.80 Å². The number of nitrogens with zero attached hydrogens (tertiary/aromatic N) is 2. The quantitative estimate of drug-likeness (QED) is 0.622. The molecule has 1 saturated heterocycles. The van der Waals surface area contributed by atoms with Crippen molar-refractivity contribution in [3.8, 4) is 0 Å². The van der Waals surface area contributed by atoms with E-state index in [9.17, 15) is 9.59 Å². The van der Waals surface area contributed by atoms with E-state index in [-0.39, 0.29) is 11.8 Å². The average molecular weight is 407 g/mol. The second kappa shape index (κ2) is 11.5. The van der Waals surface area contributed by atoms with E-state index in [1.54, 1.807) is 0 Å². The van der Waals surface area contributed by atoms with Gasteiger partial charge in [0, 0.05) is 39.0 Å². The third kappa shape index (κ3) is 7.01. The monoisotopic (exact) mass is 406 g/mol. The molecule has 30 heavy (non-hydrogen) atoms. The van der Waals surface area contributed by atoms with E-state index in [0.717, 1.165) is 25.7 Å². The summed E-state index contributed by atoms with van der Waals surface area (Å²) in [6.45, 7) is 4.80. The van der Waals surface area contributed by atoms with Crippen molar-refractivity contribution in [3.05, 3.63) is 71.8 Å². The van der Waals surface area contributed by atoms with Crippen LogP contribution in [0.25, 0.3) is 0 Å². The van der Waals surface area contributed by atoms with Gasteiger partial charge in [-0.3, -0.25) is 9.59 Å². The molecule has 2 aromatic carbocycles. The summed E-state index contributed by atoms with van der Waals surface area (Å²) < 4.78 is 0. The van der Waals surface area contributed by atoms with Crippen LogP contribution in [0.4, 0.5) is 0 Å². The lowest BCUT2D eigenvalue weighted by Crippen LogP contribution is -2.50. The summed E-state index contributed by atoms with van der Waals surface area (Å²) in [6, 6.07) is 20.7. The predicted octanol–water partition coefficient (Wildman–Crippen LogP) is 4.34. The van der Waals surface area contributed by atoms with Gasteiger partial charge in [-0.25, -0.2) is 0 Å². The number of carbonyl (C=O) groups excluding carboxylic acids is 2. The van der Waals surface area contributed by atoms with E-state index >= 15 is 0 Å². The van der Waals surface area contributed by atoms with Gasteiger partial charge in [0.1, 0.15) is 0 Å². The first-order chi connectivity index (χ1) is 14.6. The Kier molecular flexibility index (Phi) is 8.49. The Morgan fingerprint density at radius 1 is 0.767 bits per heavy atom. The molecule has 0 radical (unpaired) electrons. The maximum atomic E-state index is 12.6. The molecule has 1 aliphatic heterocycles. The van der Waals surface area contributed by atoms with Gasteiger partial charge in [0.05, 0.1) is 0 Å². The highest BCUT2D eigenvalue weighted by molar-refractivity contribution is 5.78. The fraction of sp³-hybridized carbons (Fsp3) is 0.462. The lowest BCUT2D eigenvalue weighted by molar-refractivity contribution is -0.140. The van der Waals surface area contributed by atoms with Gasteiger partial charge in [0.15, 0.2) is 0 Å². The van der Waals surface area contributed by atoms with Crippen molar-refractivity contribution in [2.24, 2.45) is 5.92 Å². The van der Waals surface area contributed by atoms with Crippen molar-refractivity contribution in [2.75, 3.05) is 26.2 Å². The molecule has 0 aromatic heterocycles. The molecule has 1 unspecified atom stereocenters. The Hall–Kier alpha value is -2.62. The zero-order valence-corrected chi connectivity index (χ0v) is 18.1. The van der Waals surface area contributed by atoms with Gasteiger partial charge in [-0.05, 0) is 42.7 Å². The summed E-state index contributed by atoms with van der Waals surface area (Å²) in [5.74, 6) is 0.816. The Bertz CT molecular complexity index is 783. The second-order valence-electron chi connectivity index (χ2n) is 8.43. The van der Waals surface area contributed by atoms with Crippen molar-refractivity contribution in [1.82, 2.24) is 9.80 Å². The molecule has 1 heterocycles. The molecular formula is C26H34N2O2. The fourth-order valence-corrected chi connectivity index (χ4v) is 4.04. The van der Waals surface area contributed by atoms with Crippen LogP contribution in [0.15, 0.2) is 60.7 Å². The second-order valence-corrected chi connectivity index (χ2v) is 8.43. The summed E-state index contributed by atoms with van der Waals surface area (Å²) in [5, 5.41) is 0. The number of amides is 2. The third-order valence-corrected chi connectivity index (χ3v) is 5.98. The summed E-state index contributed by atoms with van der Waals surface area (Å²) in [7, 11) is 0. The first-order valence-corrected chi connectivity index (χ1v) is 11.2. The molecule has 0 bridgehead atoms. The maximum absolute atomic E-state index is 12.6. The number of benzene rings is 2. The van der Waals surface area contributed by atoms with Crippen LogP contribution in [0.5, 0.6) is 0 Å². The van der Waals surface area contributed by atoms with Crippen LogP contribution < -0.4 is 0 Å². The molecule has 0 N–H and O–H groups in total. The van der Waals surface area contributed by atoms with Crippen molar-refractivity contribution in [3.63, 3.8) is 0 Å². The van der Waals surface area contributed by atoms with Gasteiger partial charge >= 0.3 is 0 Å². The molecule has 0 aliphatic carbocycles. The lowest BCUT2D eigenvalue weighted by atomic mass is 9.97. The topological polar surface area (TPSA) is 40.6 Å². The molecular weight excluding hydrogens is 372 g/mol. The number of piperazine rings is 1. The van der Waals surface area contributed by atoms with Crippen LogP contribution in [-0.4, -0.2) is 47.8 Å². The minimum Gasteiger partial charge on any atom is -0.339 e. The number of aryl methyl sites for hydroxylation is 2. The largest absolute Gasteiger partial charge is 0.339 e. The molecule has 4 nitrogen and oxygen atoms in total. The molecule has 1 aliphatic rings. The van der Waals surface area contributed by atoms with Crippen molar-refractivity contribution in [1.29, 1.82) is 0 Å². The van der Waals surface area contributed by atoms with E-state index < -0.39 is 0 Å². The Balaban J connectivity index is 1.32. The molecule has 3 rings (SSSR count). The minimum absolute atomic E-state index is 0.217. The van der Waals surface area contributed by atoms with Crippen LogP contribution in [0.2, 0.25) is 0 Å². The summed E-state index contributed by atoms with van der Waals surface area (Å²) >= 11 is 0. The van der Waals surface area contributed by atoms with Crippen LogP contribution in [-0.2, 0) is 22.4 Å². The van der Waals surface area contributed by atoms with Crippen LogP contribution in [0.3, 0.4) is 0 Å². The van der Waals surface area contributed by atoms with E-state index in [4.69, 9.17) is 0 Å². The number of rotatable bonds is 9. The van der Waals surface area contributed by atoms with Crippen molar-refractivity contribution in [2.45, 2.75) is 45.4 Å². The van der Waals surface area contributed by atoms with Crippen LogP contribution in [0, 0.1) is 5.92 Å². The number of hydrogen-bond acceptors (Lipinski definition) is 2. The third-order valence-electron chi connectivity index (χ3n) is 5.98. The zero-order valence-electron chi connectivity index (χ0n) is 18.1. The van der Waals surface area contributed by atoms with Crippen LogP contribution >= 0.6 is 0 Å². The molecule has 1 atom stereocenters. The van der Waals surface area contributed by atoms with E-state index in [0.29, 0.717) is 44.9 Å². The summed E-state index contributed by atoms with van der Waals surface area (Å²) in [4.78, 5) is 29.0. The van der Waals surface area contributed by atoms with E-state index in [2.05, 4.69) is 43.3 Å². The molecule has 0 saturated carbocycles. The smallest absolute Gasteiger partial charge is 0.222 e. The summed E-state index contributed by atoms with van der Waals surface area (Å²) in [5.41, 5.74) is 2.61. The van der Waals surface area contributed by atoms with Gasteiger partial charge in [0.2, 0.25) is 11.8 Å². The summed E-state index contributed by atoms with van der Waals surface area (Å²) in [6.07, 6.45) is 5.03. The first kappa shape index (κ1) is 22.1. The number of carbonyl (C=O) groups is 2. The van der Waals surface area contributed by atoms with Crippen molar-refractivity contribution < 1.29 is 9.59 Å². The van der Waals surface area contributed by atoms with Gasteiger partial charge in [0.25, 0.3) is 0 Å². The highest BCUT2D eigenvalue weighted by Gasteiger charge is 2.24. The molecule has 4 heteroatoms. The Morgan fingerprint density at radius 2 is 1.27 bits per heavy atom. The maximum Gasteiger partial charge on any atom is 0.222 e. The molecule has 0 spiro atoms. The Labute approximate surface area is 180 Å². The van der Waals surface area contributed by atoms with E-state index in [1.165, 1.54) is 11.1 Å². The SMILES string of the molecule is CC(CCc1ccccc1)CC(=O)N1CCN(C(=O)CCCc2ccccc2)CC1. The molecule has 1 fully saturated rings. The molecule has 2 aromatic rings. The highest BCUT2D eigenvalue weighted by Crippen LogP contribution is 2.16. The first-order valence-electron chi connectivity index (χ1n) is 11.2. The molecule has 160 valence electrons. The van der Waals surface area contributed by atoms with Crippen LogP contribution in [0.1, 0.15) is 43.7 Å². The highest BCUT2D eigenvalue weighted by atomic mass is 16.2. The minimum atomic E-state index is 0.217. The van der Waals surface area contributed by atoms with Crippen molar-refractivity contribution >= 4 is 11.8 Å². The van der Waals surface area contributed by atoms with Gasteiger partial charge in [-0.1, -0.05) is 67.6 Å². The molecule has 2 amide bonds. The zero-order chi connectivity index (χ0) is 21.2.